The van der Waals surface area contributed by atoms with E-state index in [0.717, 1.165) is 18.8 Å². The van der Waals surface area contributed by atoms with Crippen LogP contribution >= 0.6 is 0 Å². The lowest BCUT2D eigenvalue weighted by molar-refractivity contribution is -0.274. The Hall–Kier alpha value is -2.29. The fourth-order valence-electron chi connectivity index (χ4n) is 5.00. The molecule has 3 aliphatic carbocycles. The van der Waals surface area contributed by atoms with Crippen LogP contribution in [0.2, 0.25) is 0 Å². The highest BCUT2D eigenvalue weighted by molar-refractivity contribution is 5.64. The van der Waals surface area contributed by atoms with Crippen LogP contribution < -0.4 is 15.8 Å². The van der Waals surface area contributed by atoms with Crippen LogP contribution in [-0.4, -0.2) is 33.5 Å². The van der Waals surface area contributed by atoms with Gasteiger partial charge in [0.1, 0.15) is 5.82 Å². The van der Waals surface area contributed by atoms with Gasteiger partial charge in [-0.2, -0.15) is 0 Å². The van der Waals surface area contributed by atoms with Crippen molar-refractivity contribution in [2.24, 2.45) is 17.8 Å². The van der Waals surface area contributed by atoms with E-state index < -0.39 is 12.1 Å². The van der Waals surface area contributed by atoms with Crippen molar-refractivity contribution >= 4 is 5.82 Å². The van der Waals surface area contributed by atoms with Crippen LogP contribution in [0.5, 0.6) is 5.75 Å². The Morgan fingerprint density at radius 3 is 2.81 bits per heavy atom. The molecule has 7 rings (SSSR count). The van der Waals surface area contributed by atoms with Gasteiger partial charge in [0, 0.05) is 48.8 Å². The van der Waals surface area contributed by atoms with Gasteiger partial charge < -0.3 is 20.4 Å². The first-order valence-electron chi connectivity index (χ1n) is 9.21. The van der Waals surface area contributed by atoms with Crippen molar-refractivity contribution in [3.05, 3.63) is 24.3 Å². The molecule has 6 nitrogen and oxygen atoms in total. The van der Waals surface area contributed by atoms with Crippen LogP contribution in [0, 0.1) is 17.8 Å². The number of hydrogen-bond acceptors (Lipinski definition) is 5. The molecule has 4 atom stereocenters. The number of nitrogen functional groups attached to an aromatic ring is 1. The van der Waals surface area contributed by atoms with E-state index in [9.17, 15) is 13.2 Å². The number of rotatable bonds is 5. The number of halogens is 3. The number of nitrogens with zero attached hydrogens (tertiary/aromatic N) is 3. The number of aromatic nitrogens is 3. The van der Waals surface area contributed by atoms with E-state index in [2.05, 4.69) is 19.6 Å². The van der Waals surface area contributed by atoms with Crippen LogP contribution in [0.1, 0.15) is 18.7 Å². The molecular formula is C18H18F3N5O. The minimum absolute atomic E-state index is 0.155. The third-order valence-electron chi connectivity index (χ3n) is 6.53. The molecule has 142 valence electrons. The molecule has 3 N–H and O–H groups in total. The summed E-state index contributed by atoms with van der Waals surface area (Å²) in [6.45, 7) is 1.04. The van der Waals surface area contributed by atoms with E-state index >= 15 is 0 Å². The third kappa shape index (κ3) is 2.17. The van der Waals surface area contributed by atoms with Gasteiger partial charge in [-0.25, -0.2) is 9.97 Å². The van der Waals surface area contributed by atoms with Crippen LogP contribution in [0.15, 0.2) is 18.5 Å². The maximum atomic E-state index is 12.6. The van der Waals surface area contributed by atoms with Gasteiger partial charge in [-0.05, 0) is 24.8 Å². The minimum atomic E-state index is -4.82. The molecule has 27 heavy (non-hydrogen) atoms. The predicted molar refractivity (Wildman–Crippen MR) is 89.7 cm³/mol. The number of imidazole rings is 1. The molecule has 5 aliphatic rings. The van der Waals surface area contributed by atoms with Crippen LogP contribution in [0.3, 0.4) is 0 Å². The van der Waals surface area contributed by atoms with Gasteiger partial charge >= 0.3 is 6.36 Å². The summed E-state index contributed by atoms with van der Waals surface area (Å²) in [6, 6.07) is 1.79. The molecule has 0 amide bonds. The summed E-state index contributed by atoms with van der Waals surface area (Å²) in [5, 5.41) is 3.53. The topological polar surface area (TPSA) is 78.0 Å². The van der Waals surface area contributed by atoms with Gasteiger partial charge in [-0.1, -0.05) is 0 Å². The van der Waals surface area contributed by atoms with E-state index in [4.69, 9.17) is 10.7 Å². The van der Waals surface area contributed by atoms with Gasteiger partial charge in [-0.3, -0.25) is 0 Å². The Balaban J connectivity index is 1.38. The molecule has 2 aromatic heterocycles. The number of nitrogens with two attached hydrogens (primary N) is 1. The fourth-order valence-corrected chi connectivity index (χ4v) is 5.00. The summed E-state index contributed by atoms with van der Waals surface area (Å²) >= 11 is 0. The smallest absolute Gasteiger partial charge is 0.402 e. The number of ether oxygens (including phenoxy) is 1. The second kappa shape index (κ2) is 4.76. The highest BCUT2D eigenvalue weighted by Crippen LogP contribution is 2.80. The molecule has 0 aromatic carbocycles. The lowest BCUT2D eigenvalue weighted by Crippen LogP contribution is -2.22. The molecule has 1 unspecified atom stereocenters. The average molecular weight is 377 g/mol. The summed E-state index contributed by atoms with van der Waals surface area (Å²) < 4.78 is 44.1. The Bertz CT molecular complexity index is 929. The highest BCUT2D eigenvalue weighted by Gasteiger charge is 2.91. The maximum absolute atomic E-state index is 12.6. The normalized spacial score (nSPS) is 33.1. The first-order valence-corrected chi connectivity index (χ1v) is 9.21. The van der Waals surface area contributed by atoms with Gasteiger partial charge in [-0.15, -0.1) is 13.2 Å². The average Bonchev–Trinajstić information content (AvgIpc) is 3.50. The van der Waals surface area contributed by atoms with Crippen molar-refractivity contribution in [3.63, 3.8) is 0 Å². The predicted octanol–water partition coefficient (Wildman–Crippen LogP) is 2.31. The molecular weight excluding hydrogens is 359 g/mol. The van der Waals surface area contributed by atoms with Gasteiger partial charge in [0.25, 0.3) is 0 Å². The summed E-state index contributed by atoms with van der Waals surface area (Å²) in [7, 11) is 0. The van der Waals surface area contributed by atoms with Gasteiger partial charge in [0.15, 0.2) is 11.6 Å². The molecule has 2 bridgehead atoms. The molecule has 2 aliphatic heterocycles. The Morgan fingerprint density at radius 1 is 1.37 bits per heavy atom. The quantitative estimate of drug-likeness (QED) is 0.836. The zero-order chi connectivity index (χ0) is 18.6. The lowest BCUT2D eigenvalue weighted by atomic mass is 10.1. The largest absolute Gasteiger partial charge is 0.573 e. The SMILES string of the molecule is Nc1ncc(-c2cn([C@]34C5NC[C@@H]3[C@H]54)c(CC3CC3)n2)cc1OC(F)(F)F. The van der Waals surface area contributed by atoms with Crippen molar-refractivity contribution in [1.29, 1.82) is 0 Å². The van der Waals surface area contributed by atoms with E-state index in [-0.39, 0.29) is 11.4 Å². The third-order valence-corrected chi connectivity index (χ3v) is 6.53. The minimum Gasteiger partial charge on any atom is -0.402 e. The van der Waals surface area contributed by atoms with E-state index in [1.54, 1.807) is 0 Å². The lowest BCUT2D eigenvalue weighted by Gasteiger charge is -2.13. The molecule has 0 spiro atoms. The Morgan fingerprint density at radius 2 is 2.19 bits per heavy atom. The number of fused-ring (bicyclic) bond motifs is 1. The molecule has 3 saturated carbocycles. The van der Waals surface area contributed by atoms with Gasteiger partial charge in [0.05, 0.1) is 11.2 Å². The zero-order valence-corrected chi connectivity index (χ0v) is 14.3. The monoisotopic (exact) mass is 377 g/mol. The van der Waals surface area contributed by atoms with Crippen molar-refractivity contribution in [3.8, 4) is 17.0 Å². The standard InChI is InChI=1S/C18H18F3N5O/c19-18(20,21)27-12-4-9(5-24-16(12)22)11-7-26(13(25-11)3-8-1-2-8)17-10-6-23-15(17)14(10)17/h4-5,7-8,10,14-15,23H,1-3,6H2,(H2,22,24)/t10-,14-,15?,17-/m1/s1. The molecule has 9 heteroatoms. The fraction of sp³-hybridized carbons (Fsp3) is 0.556. The van der Waals surface area contributed by atoms with E-state index in [0.29, 0.717) is 35.1 Å². The summed E-state index contributed by atoms with van der Waals surface area (Å²) in [6.07, 6.45) is 1.97. The second-order valence-corrected chi connectivity index (χ2v) is 8.12. The number of hydrogen-bond donors (Lipinski definition) is 2. The first kappa shape index (κ1) is 15.7. The Kier molecular flexibility index (Phi) is 2.77. The van der Waals surface area contributed by atoms with Crippen LogP contribution in [0.25, 0.3) is 11.3 Å². The highest BCUT2D eigenvalue weighted by atomic mass is 19.4. The number of pyridine rings is 1. The van der Waals surface area contributed by atoms with Crippen molar-refractivity contribution in [1.82, 2.24) is 19.9 Å². The van der Waals surface area contributed by atoms with E-state index in [1.807, 2.05) is 6.20 Å². The summed E-state index contributed by atoms with van der Waals surface area (Å²) in [5.41, 5.74) is 6.80. The molecule has 4 heterocycles. The number of nitrogens with one attached hydrogen (secondary N) is 1. The zero-order valence-electron chi connectivity index (χ0n) is 14.3. The van der Waals surface area contributed by atoms with Gasteiger partial charge in [0.2, 0.25) is 0 Å². The first-order chi connectivity index (χ1) is 12.9. The molecule has 2 aromatic rings. The number of piperidine rings is 1. The molecule has 5 fully saturated rings. The summed E-state index contributed by atoms with van der Waals surface area (Å²) in [4.78, 5) is 8.65. The van der Waals surface area contributed by atoms with Crippen LogP contribution in [0.4, 0.5) is 19.0 Å². The van der Waals surface area contributed by atoms with E-state index in [1.165, 1.54) is 25.1 Å². The second-order valence-electron chi connectivity index (χ2n) is 8.12. The number of alkyl halides is 3. The van der Waals surface area contributed by atoms with Crippen molar-refractivity contribution in [2.75, 3.05) is 12.3 Å². The molecule has 0 radical (unpaired) electrons. The Labute approximate surface area is 152 Å². The van der Waals surface area contributed by atoms with Crippen molar-refractivity contribution < 1.29 is 17.9 Å². The number of anilines is 1. The molecule has 2 saturated heterocycles. The summed E-state index contributed by atoms with van der Waals surface area (Å²) in [5.74, 6) is 2.27. The van der Waals surface area contributed by atoms with Crippen molar-refractivity contribution in [2.45, 2.75) is 37.2 Å². The van der Waals surface area contributed by atoms with Crippen LogP contribution in [-0.2, 0) is 12.0 Å². The maximum Gasteiger partial charge on any atom is 0.573 e.